The summed E-state index contributed by atoms with van der Waals surface area (Å²) in [5.74, 6) is 0.152. The number of hydrogen-bond donors (Lipinski definition) is 2. The van der Waals surface area contributed by atoms with Gasteiger partial charge in [0.05, 0.1) is 25.1 Å². The van der Waals surface area contributed by atoms with Crippen LogP contribution in [0.2, 0.25) is 0 Å². The zero-order valence-corrected chi connectivity index (χ0v) is 10.1. The van der Waals surface area contributed by atoms with Crippen molar-refractivity contribution in [3.8, 4) is 0 Å². The number of ether oxygens (including phenoxy) is 1. The van der Waals surface area contributed by atoms with Gasteiger partial charge in [-0.25, -0.2) is 4.98 Å². The van der Waals surface area contributed by atoms with Gasteiger partial charge in [0.1, 0.15) is 5.82 Å². The monoisotopic (exact) mass is 238 g/mol. The Labute approximate surface area is 100 Å². The van der Waals surface area contributed by atoms with E-state index in [0.29, 0.717) is 18.5 Å². The average molecular weight is 238 g/mol. The summed E-state index contributed by atoms with van der Waals surface area (Å²) in [6.07, 6.45) is 3.99. The summed E-state index contributed by atoms with van der Waals surface area (Å²) in [6.45, 7) is 2.71. The number of anilines is 1. The summed E-state index contributed by atoms with van der Waals surface area (Å²) in [6, 6.07) is 0.217. The van der Waals surface area contributed by atoms with E-state index >= 15 is 0 Å². The highest BCUT2D eigenvalue weighted by Crippen LogP contribution is 2.27. The van der Waals surface area contributed by atoms with Crippen molar-refractivity contribution in [3.63, 3.8) is 0 Å². The van der Waals surface area contributed by atoms with Gasteiger partial charge in [0.15, 0.2) is 5.69 Å². The van der Waals surface area contributed by atoms with Crippen LogP contribution in [0.4, 0.5) is 5.82 Å². The predicted molar refractivity (Wildman–Crippen MR) is 64.0 cm³/mol. The van der Waals surface area contributed by atoms with Gasteiger partial charge in [-0.2, -0.15) is 0 Å². The molecule has 1 aliphatic heterocycles. The van der Waals surface area contributed by atoms with Crippen LogP contribution in [0, 0.1) is 0 Å². The van der Waals surface area contributed by atoms with Crippen LogP contribution in [0.1, 0.15) is 36.3 Å². The van der Waals surface area contributed by atoms with Gasteiger partial charge in [-0.3, -0.25) is 4.79 Å². The summed E-state index contributed by atoms with van der Waals surface area (Å²) < 4.78 is 7.56. The van der Waals surface area contributed by atoms with Crippen molar-refractivity contribution in [2.45, 2.75) is 31.9 Å². The lowest BCUT2D eigenvalue weighted by Gasteiger charge is -2.28. The van der Waals surface area contributed by atoms with E-state index < -0.39 is 5.91 Å². The maximum atomic E-state index is 11.2. The number of nitrogens with two attached hydrogens (primary N) is 1. The molecule has 1 aromatic rings. The van der Waals surface area contributed by atoms with Crippen molar-refractivity contribution >= 4 is 11.7 Å². The standard InChI is InChI=1S/C11H18N4O2/c1-7-3-4-8(5-17-7)15-6-14-9(10(12)16)11(15)13-2/h6-8,13H,3-5H2,1-2H3,(H2,12,16). The third-order valence-corrected chi connectivity index (χ3v) is 3.14. The van der Waals surface area contributed by atoms with Gasteiger partial charge in [0, 0.05) is 7.05 Å². The van der Waals surface area contributed by atoms with E-state index in [4.69, 9.17) is 10.5 Å². The number of primary amides is 1. The van der Waals surface area contributed by atoms with E-state index in [0.717, 1.165) is 12.8 Å². The molecule has 2 atom stereocenters. The first-order valence-electron chi connectivity index (χ1n) is 5.79. The number of carbonyl (C=O) groups excluding carboxylic acids is 1. The molecule has 0 aromatic carbocycles. The van der Waals surface area contributed by atoms with Crippen LogP contribution in [0.5, 0.6) is 0 Å². The second-order valence-corrected chi connectivity index (χ2v) is 4.34. The van der Waals surface area contributed by atoms with E-state index in [9.17, 15) is 4.79 Å². The maximum Gasteiger partial charge on any atom is 0.271 e. The second kappa shape index (κ2) is 4.75. The van der Waals surface area contributed by atoms with Gasteiger partial charge in [-0.05, 0) is 19.8 Å². The lowest BCUT2D eigenvalue weighted by atomic mass is 10.1. The highest BCUT2D eigenvalue weighted by molar-refractivity contribution is 5.95. The van der Waals surface area contributed by atoms with Crippen LogP contribution in [0.15, 0.2) is 6.33 Å². The second-order valence-electron chi connectivity index (χ2n) is 4.34. The van der Waals surface area contributed by atoms with Crippen molar-refractivity contribution in [1.29, 1.82) is 0 Å². The molecule has 0 radical (unpaired) electrons. The van der Waals surface area contributed by atoms with Gasteiger partial charge in [-0.15, -0.1) is 0 Å². The van der Waals surface area contributed by atoms with Gasteiger partial charge in [-0.1, -0.05) is 0 Å². The predicted octanol–water partition coefficient (Wildman–Crippen LogP) is 0.764. The van der Waals surface area contributed by atoms with Gasteiger partial charge < -0.3 is 20.4 Å². The van der Waals surface area contributed by atoms with E-state index in [1.807, 2.05) is 4.57 Å². The van der Waals surface area contributed by atoms with Crippen molar-refractivity contribution in [3.05, 3.63) is 12.0 Å². The molecule has 6 nitrogen and oxygen atoms in total. The molecule has 2 heterocycles. The highest BCUT2D eigenvalue weighted by Gasteiger charge is 2.24. The fourth-order valence-electron chi connectivity index (χ4n) is 2.15. The molecular weight excluding hydrogens is 220 g/mol. The van der Waals surface area contributed by atoms with Crippen LogP contribution in [0.3, 0.4) is 0 Å². The van der Waals surface area contributed by atoms with Crippen LogP contribution >= 0.6 is 0 Å². The number of nitrogens with zero attached hydrogens (tertiary/aromatic N) is 2. The first kappa shape index (κ1) is 11.9. The third-order valence-electron chi connectivity index (χ3n) is 3.14. The minimum absolute atomic E-state index is 0.217. The maximum absolute atomic E-state index is 11.2. The normalized spacial score (nSPS) is 24.6. The smallest absolute Gasteiger partial charge is 0.271 e. The van der Waals surface area contributed by atoms with Crippen molar-refractivity contribution < 1.29 is 9.53 Å². The Morgan fingerprint density at radius 3 is 2.94 bits per heavy atom. The minimum atomic E-state index is -0.516. The Hall–Kier alpha value is -1.56. The zero-order chi connectivity index (χ0) is 12.4. The molecule has 0 spiro atoms. The summed E-state index contributed by atoms with van der Waals surface area (Å²) in [7, 11) is 1.76. The fourth-order valence-corrected chi connectivity index (χ4v) is 2.15. The molecule has 17 heavy (non-hydrogen) atoms. The fraction of sp³-hybridized carbons (Fsp3) is 0.636. The molecule has 0 saturated carbocycles. The summed E-state index contributed by atoms with van der Waals surface area (Å²) in [5, 5.41) is 2.98. The topological polar surface area (TPSA) is 82.2 Å². The molecule has 0 aliphatic carbocycles. The van der Waals surface area contributed by atoms with Crippen molar-refractivity contribution in [2.75, 3.05) is 19.0 Å². The molecule has 1 fully saturated rings. The number of carbonyl (C=O) groups is 1. The number of amides is 1. The molecule has 94 valence electrons. The van der Waals surface area contributed by atoms with Gasteiger partial charge in [0.2, 0.25) is 0 Å². The Balaban J connectivity index is 2.23. The number of nitrogens with one attached hydrogen (secondary N) is 1. The minimum Gasteiger partial charge on any atom is -0.376 e. The quantitative estimate of drug-likeness (QED) is 0.814. The molecule has 6 heteroatoms. The van der Waals surface area contributed by atoms with Gasteiger partial charge >= 0.3 is 0 Å². The Bertz CT molecular complexity index is 408. The first-order valence-corrected chi connectivity index (χ1v) is 5.79. The number of rotatable bonds is 3. The summed E-state index contributed by atoms with van der Waals surface area (Å²) >= 11 is 0. The Morgan fingerprint density at radius 1 is 1.65 bits per heavy atom. The van der Waals surface area contributed by atoms with Gasteiger partial charge in [0.25, 0.3) is 5.91 Å². The van der Waals surface area contributed by atoms with E-state index in [-0.39, 0.29) is 11.7 Å². The van der Waals surface area contributed by atoms with Crippen LogP contribution in [-0.4, -0.2) is 35.2 Å². The molecule has 1 amide bonds. The molecule has 1 saturated heterocycles. The Morgan fingerprint density at radius 2 is 2.41 bits per heavy atom. The molecular formula is C11H18N4O2. The van der Waals surface area contributed by atoms with Crippen molar-refractivity contribution in [1.82, 2.24) is 9.55 Å². The summed E-state index contributed by atoms with van der Waals surface area (Å²) in [5.41, 5.74) is 5.55. The summed E-state index contributed by atoms with van der Waals surface area (Å²) in [4.78, 5) is 15.3. The lowest BCUT2D eigenvalue weighted by Crippen LogP contribution is -2.26. The SMILES string of the molecule is CNc1c(C(N)=O)ncn1C1CCC(C)OC1. The van der Waals surface area contributed by atoms with Crippen LogP contribution < -0.4 is 11.1 Å². The molecule has 3 N–H and O–H groups in total. The molecule has 1 aromatic heterocycles. The first-order chi connectivity index (χ1) is 8.13. The largest absolute Gasteiger partial charge is 0.376 e. The van der Waals surface area contributed by atoms with Crippen molar-refractivity contribution in [2.24, 2.45) is 5.73 Å². The van der Waals surface area contributed by atoms with E-state index in [1.54, 1.807) is 13.4 Å². The van der Waals surface area contributed by atoms with Crippen LogP contribution in [-0.2, 0) is 4.74 Å². The lowest BCUT2D eigenvalue weighted by molar-refractivity contribution is -0.000271. The Kier molecular flexibility index (Phi) is 3.33. The molecule has 2 unspecified atom stereocenters. The average Bonchev–Trinajstić information content (AvgIpc) is 2.73. The third kappa shape index (κ3) is 2.26. The number of aromatic nitrogens is 2. The molecule has 2 rings (SSSR count). The van der Waals surface area contributed by atoms with E-state index in [2.05, 4.69) is 17.2 Å². The molecule has 0 bridgehead atoms. The van der Waals surface area contributed by atoms with E-state index in [1.165, 1.54) is 0 Å². The van der Waals surface area contributed by atoms with Crippen LogP contribution in [0.25, 0.3) is 0 Å². The highest BCUT2D eigenvalue weighted by atomic mass is 16.5. The zero-order valence-electron chi connectivity index (χ0n) is 10.1. The number of imidazole rings is 1. The number of hydrogen-bond acceptors (Lipinski definition) is 4. The molecule has 1 aliphatic rings.